The molecule has 0 aliphatic carbocycles. The molecule has 3 N–H and O–H groups in total. The maximum atomic E-state index is 12.9. The number of nitrogens with one attached hydrogen (secondary N) is 1. The molecule has 0 spiro atoms. The molecule has 3 aromatic heterocycles. The molecular weight excluding hydrogens is 370 g/mol. The highest BCUT2D eigenvalue weighted by Gasteiger charge is 2.25. The van der Waals surface area contributed by atoms with E-state index in [2.05, 4.69) is 15.2 Å². The summed E-state index contributed by atoms with van der Waals surface area (Å²) in [5, 5.41) is 13.3. The molecule has 0 saturated carbocycles. The fourth-order valence-corrected chi connectivity index (χ4v) is 3.74. The standard InChI is InChI=1S/C20H21N7O2/c1-12(20(28)26-6-8-29-9-7-26)27-11-15-18(25-27)14-3-2-13(16-4-5-22-24-16)10-17(14)23-19(15)21/h2-5,10-12H,6-9H2,1H3,(H2,21,23)(H,22,24). The zero-order valence-electron chi connectivity index (χ0n) is 16.0. The summed E-state index contributed by atoms with van der Waals surface area (Å²) in [5.74, 6) is 0.421. The monoisotopic (exact) mass is 391 g/mol. The third kappa shape index (κ3) is 2.99. The van der Waals surface area contributed by atoms with Crippen molar-refractivity contribution < 1.29 is 9.53 Å². The van der Waals surface area contributed by atoms with E-state index in [0.717, 1.165) is 33.1 Å². The van der Waals surface area contributed by atoms with Crippen LogP contribution < -0.4 is 5.73 Å². The van der Waals surface area contributed by atoms with Gasteiger partial charge < -0.3 is 15.4 Å². The number of carbonyl (C=O) groups is 1. The number of nitrogen functional groups attached to an aromatic ring is 1. The van der Waals surface area contributed by atoms with Crippen LogP contribution in [-0.2, 0) is 9.53 Å². The largest absolute Gasteiger partial charge is 0.383 e. The number of carbonyl (C=O) groups excluding carboxylic acids is 1. The molecule has 1 saturated heterocycles. The molecule has 29 heavy (non-hydrogen) atoms. The molecule has 1 fully saturated rings. The van der Waals surface area contributed by atoms with Crippen LogP contribution in [0.5, 0.6) is 0 Å². The van der Waals surface area contributed by atoms with Crippen molar-refractivity contribution in [3.63, 3.8) is 0 Å². The molecule has 9 nitrogen and oxygen atoms in total. The lowest BCUT2D eigenvalue weighted by molar-refractivity contribution is -0.138. The van der Waals surface area contributed by atoms with E-state index in [9.17, 15) is 4.79 Å². The molecule has 1 atom stereocenters. The number of rotatable bonds is 3. The van der Waals surface area contributed by atoms with Crippen molar-refractivity contribution in [1.82, 2.24) is 29.9 Å². The van der Waals surface area contributed by atoms with E-state index < -0.39 is 6.04 Å². The van der Waals surface area contributed by atoms with Crippen LogP contribution >= 0.6 is 0 Å². The van der Waals surface area contributed by atoms with E-state index in [-0.39, 0.29) is 5.91 Å². The van der Waals surface area contributed by atoms with E-state index >= 15 is 0 Å². The Morgan fingerprint density at radius 3 is 2.83 bits per heavy atom. The number of hydrogen-bond donors (Lipinski definition) is 2. The minimum Gasteiger partial charge on any atom is -0.383 e. The number of pyridine rings is 1. The lowest BCUT2D eigenvalue weighted by atomic mass is 10.1. The van der Waals surface area contributed by atoms with Gasteiger partial charge in [0.1, 0.15) is 17.4 Å². The number of hydrogen-bond acceptors (Lipinski definition) is 6. The average molecular weight is 391 g/mol. The van der Waals surface area contributed by atoms with E-state index in [1.54, 1.807) is 10.9 Å². The number of benzene rings is 1. The van der Waals surface area contributed by atoms with Crippen LogP contribution in [0, 0.1) is 0 Å². The smallest absolute Gasteiger partial charge is 0.247 e. The Morgan fingerprint density at radius 1 is 1.24 bits per heavy atom. The maximum Gasteiger partial charge on any atom is 0.247 e. The number of amides is 1. The molecule has 4 aromatic rings. The Labute approximate surface area is 166 Å². The number of nitrogens with zero attached hydrogens (tertiary/aromatic N) is 5. The quantitative estimate of drug-likeness (QED) is 0.552. The molecule has 0 bridgehead atoms. The minimum absolute atomic E-state index is 0.0264. The van der Waals surface area contributed by atoms with Gasteiger partial charge in [0, 0.05) is 36.4 Å². The first-order valence-corrected chi connectivity index (χ1v) is 9.56. The van der Waals surface area contributed by atoms with E-state index in [1.807, 2.05) is 42.3 Å². The molecule has 0 radical (unpaired) electrons. The lowest BCUT2D eigenvalue weighted by Crippen LogP contribution is -2.43. The van der Waals surface area contributed by atoms with Gasteiger partial charge in [-0.05, 0) is 25.1 Å². The van der Waals surface area contributed by atoms with Crippen molar-refractivity contribution in [2.45, 2.75) is 13.0 Å². The zero-order valence-corrected chi connectivity index (χ0v) is 16.0. The number of morpholine rings is 1. The molecule has 1 aliphatic heterocycles. The van der Waals surface area contributed by atoms with Crippen molar-refractivity contribution >= 4 is 33.5 Å². The number of fused-ring (bicyclic) bond motifs is 3. The number of anilines is 1. The SMILES string of the molecule is CC(C(=O)N1CCOCC1)n1cc2c(N)nc3cc(-c4ccn[nH]4)ccc3c2n1. The van der Waals surface area contributed by atoms with Crippen LogP contribution in [0.2, 0.25) is 0 Å². The van der Waals surface area contributed by atoms with Crippen LogP contribution in [-0.4, -0.2) is 62.1 Å². The van der Waals surface area contributed by atoms with Crippen LogP contribution in [0.3, 0.4) is 0 Å². The van der Waals surface area contributed by atoms with Gasteiger partial charge in [0.15, 0.2) is 0 Å². The van der Waals surface area contributed by atoms with Crippen molar-refractivity contribution in [3.05, 3.63) is 36.7 Å². The number of ether oxygens (including phenoxy) is 1. The highest BCUT2D eigenvalue weighted by atomic mass is 16.5. The molecule has 1 aliphatic rings. The first-order chi connectivity index (χ1) is 14.1. The fourth-order valence-electron chi connectivity index (χ4n) is 3.74. The molecule has 9 heteroatoms. The molecular formula is C20H21N7O2. The number of aromatic amines is 1. The lowest BCUT2D eigenvalue weighted by Gasteiger charge is -2.29. The van der Waals surface area contributed by atoms with Gasteiger partial charge in [-0.1, -0.05) is 6.07 Å². The van der Waals surface area contributed by atoms with Gasteiger partial charge in [-0.25, -0.2) is 4.98 Å². The highest BCUT2D eigenvalue weighted by Crippen LogP contribution is 2.30. The Balaban J connectivity index is 1.56. The first-order valence-electron chi connectivity index (χ1n) is 9.56. The highest BCUT2D eigenvalue weighted by molar-refractivity contribution is 6.08. The maximum absolute atomic E-state index is 12.9. The molecule has 5 rings (SSSR count). The number of H-pyrrole nitrogens is 1. The normalized spacial score (nSPS) is 15.8. The first kappa shape index (κ1) is 17.6. The van der Waals surface area contributed by atoms with E-state index in [1.165, 1.54) is 0 Å². The third-order valence-electron chi connectivity index (χ3n) is 5.39. The summed E-state index contributed by atoms with van der Waals surface area (Å²) >= 11 is 0. The summed E-state index contributed by atoms with van der Waals surface area (Å²) in [5.41, 5.74) is 9.59. The van der Waals surface area contributed by atoms with Crippen molar-refractivity contribution in [2.24, 2.45) is 0 Å². The Hall–Kier alpha value is -3.46. The third-order valence-corrected chi connectivity index (χ3v) is 5.39. The van der Waals surface area contributed by atoms with Gasteiger partial charge in [0.2, 0.25) is 5.91 Å². The summed E-state index contributed by atoms with van der Waals surface area (Å²) in [6.07, 6.45) is 3.52. The summed E-state index contributed by atoms with van der Waals surface area (Å²) in [6, 6.07) is 7.40. The summed E-state index contributed by atoms with van der Waals surface area (Å²) < 4.78 is 7.02. The fraction of sp³-hybridized carbons (Fsp3) is 0.300. The molecule has 1 aromatic carbocycles. The Bertz CT molecular complexity index is 1190. The second kappa shape index (κ2) is 6.85. The predicted octanol–water partition coefficient (Wildman–Crippen LogP) is 1.98. The topological polar surface area (TPSA) is 115 Å². The van der Waals surface area contributed by atoms with Gasteiger partial charge in [0.05, 0.1) is 29.8 Å². The summed E-state index contributed by atoms with van der Waals surface area (Å²) in [4.78, 5) is 19.2. The Kier molecular flexibility index (Phi) is 4.17. The van der Waals surface area contributed by atoms with Gasteiger partial charge in [-0.2, -0.15) is 10.2 Å². The van der Waals surface area contributed by atoms with Gasteiger partial charge >= 0.3 is 0 Å². The zero-order chi connectivity index (χ0) is 20.0. The van der Waals surface area contributed by atoms with Crippen molar-refractivity contribution in [1.29, 1.82) is 0 Å². The van der Waals surface area contributed by atoms with Crippen molar-refractivity contribution in [2.75, 3.05) is 32.0 Å². The van der Waals surface area contributed by atoms with Crippen LogP contribution in [0.4, 0.5) is 5.82 Å². The molecule has 1 unspecified atom stereocenters. The minimum atomic E-state index is -0.431. The second-order valence-electron chi connectivity index (χ2n) is 7.18. The van der Waals surface area contributed by atoms with Gasteiger partial charge in [-0.3, -0.25) is 14.6 Å². The van der Waals surface area contributed by atoms with Gasteiger partial charge in [-0.15, -0.1) is 0 Å². The van der Waals surface area contributed by atoms with Crippen molar-refractivity contribution in [3.8, 4) is 11.3 Å². The van der Waals surface area contributed by atoms with Crippen LogP contribution in [0.1, 0.15) is 13.0 Å². The van der Waals surface area contributed by atoms with Gasteiger partial charge in [0.25, 0.3) is 0 Å². The van der Waals surface area contributed by atoms with Crippen LogP contribution in [0.25, 0.3) is 33.1 Å². The number of aromatic nitrogens is 5. The van der Waals surface area contributed by atoms with E-state index in [4.69, 9.17) is 15.6 Å². The molecule has 148 valence electrons. The predicted molar refractivity (Wildman–Crippen MR) is 109 cm³/mol. The second-order valence-corrected chi connectivity index (χ2v) is 7.18. The number of nitrogens with two attached hydrogens (primary N) is 1. The molecule has 4 heterocycles. The van der Waals surface area contributed by atoms with Crippen LogP contribution in [0.15, 0.2) is 36.7 Å². The Morgan fingerprint density at radius 2 is 2.07 bits per heavy atom. The molecule has 1 amide bonds. The summed E-state index contributed by atoms with van der Waals surface area (Å²) in [6.45, 7) is 4.20. The van der Waals surface area contributed by atoms with E-state index in [0.29, 0.717) is 32.1 Å². The average Bonchev–Trinajstić information content (AvgIpc) is 3.44. The summed E-state index contributed by atoms with van der Waals surface area (Å²) in [7, 11) is 0.